The molecule has 0 nitrogen and oxygen atoms in total. The van der Waals surface area contributed by atoms with E-state index in [4.69, 9.17) is 0 Å². The predicted molar refractivity (Wildman–Crippen MR) is 46.4 cm³/mol. The third kappa shape index (κ3) is 1.36. The zero-order chi connectivity index (χ0) is 9.41. The SMILES string of the molecule is CC(C)C1(C(C)(F)F)CCCC1. The number of alkyl halides is 2. The van der Waals surface area contributed by atoms with Gasteiger partial charge in [-0.15, -0.1) is 0 Å². The average Bonchev–Trinajstić information content (AvgIpc) is 2.31. The summed E-state index contributed by atoms with van der Waals surface area (Å²) in [6.45, 7) is 4.92. The standard InChI is InChI=1S/C10H18F2/c1-8(2)10(9(3,11)12)6-4-5-7-10/h8H,4-7H2,1-3H3. The van der Waals surface area contributed by atoms with E-state index in [1.54, 1.807) is 0 Å². The maximum atomic E-state index is 13.3. The highest BCUT2D eigenvalue weighted by atomic mass is 19.3. The number of hydrogen-bond acceptors (Lipinski definition) is 0. The molecule has 2 heteroatoms. The lowest BCUT2D eigenvalue weighted by Crippen LogP contribution is -2.40. The Morgan fingerprint density at radius 3 is 1.75 bits per heavy atom. The molecule has 0 aromatic carbocycles. The Labute approximate surface area is 73.3 Å². The Morgan fingerprint density at radius 2 is 1.58 bits per heavy atom. The first kappa shape index (κ1) is 9.94. The Morgan fingerprint density at radius 1 is 1.17 bits per heavy atom. The van der Waals surface area contributed by atoms with Crippen molar-refractivity contribution in [1.82, 2.24) is 0 Å². The first-order chi connectivity index (χ1) is 5.40. The fourth-order valence-electron chi connectivity index (χ4n) is 2.53. The molecule has 1 aliphatic rings. The molecule has 0 atom stereocenters. The van der Waals surface area contributed by atoms with Gasteiger partial charge in [0, 0.05) is 5.41 Å². The summed E-state index contributed by atoms with van der Waals surface area (Å²) in [6, 6.07) is 0. The quantitative estimate of drug-likeness (QED) is 0.599. The van der Waals surface area contributed by atoms with Gasteiger partial charge in [-0.3, -0.25) is 0 Å². The first-order valence-corrected chi connectivity index (χ1v) is 4.78. The van der Waals surface area contributed by atoms with Crippen molar-refractivity contribution in [3.63, 3.8) is 0 Å². The van der Waals surface area contributed by atoms with Gasteiger partial charge >= 0.3 is 0 Å². The van der Waals surface area contributed by atoms with E-state index >= 15 is 0 Å². The van der Waals surface area contributed by atoms with Gasteiger partial charge in [0.2, 0.25) is 0 Å². The molecule has 0 aliphatic heterocycles. The van der Waals surface area contributed by atoms with Crippen LogP contribution in [0.5, 0.6) is 0 Å². The van der Waals surface area contributed by atoms with Crippen molar-refractivity contribution >= 4 is 0 Å². The molecule has 0 amide bonds. The topological polar surface area (TPSA) is 0 Å². The van der Waals surface area contributed by atoms with Crippen LogP contribution in [-0.4, -0.2) is 5.92 Å². The van der Waals surface area contributed by atoms with Gasteiger partial charge in [-0.2, -0.15) is 0 Å². The van der Waals surface area contributed by atoms with E-state index in [9.17, 15) is 8.78 Å². The Kier molecular flexibility index (Phi) is 2.46. The molecular formula is C10H18F2. The minimum absolute atomic E-state index is 0.0972. The van der Waals surface area contributed by atoms with Crippen LogP contribution in [-0.2, 0) is 0 Å². The molecule has 72 valence electrons. The summed E-state index contributed by atoms with van der Waals surface area (Å²) in [7, 11) is 0. The third-order valence-electron chi connectivity index (χ3n) is 3.48. The van der Waals surface area contributed by atoms with Gasteiger partial charge < -0.3 is 0 Å². The highest BCUT2D eigenvalue weighted by molar-refractivity contribution is 4.95. The van der Waals surface area contributed by atoms with Gasteiger partial charge in [0.25, 0.3) is 5.92 Å². The molecule has 1 aliphatic carbocycles. The van der Waals surface area contributed by atoms with Gasteiger partial charge in [-0.1, -0.05) is 26.7 Å². The van der Waals surface area contributed by atoms with Gasteiger partial charge in [0.1, 0.15) is 0 Å². The van der Waals surface area contributed by atoms with E-state index < -0.39 is 11.3 Å². The number of rotatable bonds is 2. The van der Waals surface area contributed by atoms with E-state index in [-0.39, 0.29) is 5.92 Å². The van der Waals surface area contributed by atoms with Crippen molar-refractivity contribution in [2.75, 3.05) is 0 Å². The van der Waals surface area contributed by atoms with Crippen molar-refractivity contribution in [1.29, 1.82) is 0 Å². The molecule has 0 radical (unpaired) electrons. The van der Waals surface area contributed by atoms with Crippen molar-refractivity contribution in [2.24, 2.45) is 11.3 Å². The summed E-state index contributed by atoms with van der Waals surface area (Å²) in [5, 5.41) is 0. The average molecular weight is 176 g/mol. The summed E-state index contributed by atoms with van der Waals surface area (Å²) in [6.07, 6.45) is 3.35. The zero-order valence-electron chi connectivity index (χ0n) is 8.16. The highest BCUT2D eigenvalue weighted by Crippen LogP contribution is 2.53. The molecule has 12 heavy (non-hydrogen) atoms. The minimum atomic E-state index is -2.50. The molecule has 1 saturated carbocycles. The summed E-state index contributed by atoms with van der Waals surface area (Å²) < 4.78 is 26.7. The summed E-state index contributed by atoms with van der Waals surface area (Å²) >= 11 is 0. The van der Waals surface area contributed by atoms with E-state index in [0.29, 0.717) is 12.8 Å². The fourth-order valence-corrected chi connectivity index (χ4v) is 2.53. The molecule has 0 saturated heterocycles. The second-order valence-corrected chi connectivity index (χ2v) is 4.41. The van der Waals surface area contributed by atoms with E-state index in [1.165, 1.54) is 0 Å². The predicted octanol–water partition coefficient (Wildman–Crippen LogP) is 3.86. The number of hydrogen-bond donors (Lipinski definition) is 0. The minimum Gasteiger partial charge on any atom is -0.207 e. The second-order valence-electron chi connectivity index (χ2n) is 4.41. The maximum Gasteiger partial charge on any atom is 0.251 e. The lowest BCUT2D eigenvalue weighted by Gasteiger charge is -2.38. The first-order valence-electron chi connectivity index (χ1n) is 4.78. The molecular weight excluding hydrogens is 158 g/mol. The molecule has 0 aromatic heterocycles. The molecule has 0 heterocycles. The van der Waals surface area contributed by atoms with Crippen LogP contribution in [0.1, 0.15) is 46.5 Å². The van der Waals surface area contributed by atoms with Gasteiger partial charge in [-0.25, -0.2) is 8.78 Å². The van der Waals surface area contributed by atoms with Crippen molar-refractivity contribution in [2.45, 2.75) is 52.4 Å². The van der Waals surface area contributed by atoms with Crippen LogP contribution < -0.4 is 0 Å². The Bertz CT molecular complexity index is 150. The second kappa shape index (κ2) is 2.97. The maximum absolute atomic E-state index is 13.3. The van der Waals surface area contributed by atoms with E-state index in [0.717, 1.165) is 19.8 Å². The molecule has 0 spiro atoms. The Hall–Kier alpha value is -0.140. The lowest BCUT2D eigenvalue weighted by atomic mass is 9.71. The molecule has 0 N–H and O–H groups in total. The van der Waals surface area contributed by atoms with Crippen LogP contribution in [0.15, 0.2) is 0 Å². The third-order valence-corrected chi connectivity index (χ3v) is 3.48. The molecule has 1 fully saturated rings. The van der Waals surface area contributed by atoms with Gasteiger partial charge in [-0.05, 0) is 25.7 Å². The van der Waals surface area contributed by atoms with Crippen LogP contribution in [0, 0.1) is 11.3 Å². The summed E-state index contributed by atoms with van der Waals surface area (Å²) in [5.41, 5.74) is -0.701. The molecule has 1 rings (SSSR count). The van der Waals surface area contributed by atoms with Crippen molar-refractivity contribution in [3.8, 4) is 0 Å². The lowest BCUT2D eigenvalue weighted by molar-refractivity contribution is -0.127. The van der Waals surface area contributed by atoms with Crippen molar-refractivity contribution < 1.29 is 8.78 Å². The largest absolute Gasteiger partial charge is 0.251 e. The summed E-state index contributed by atoms with van der Waals surface area (Å²) in [4.78, 5) is 0. The van der Waals surface area contributed by atoms with Crippen LogP contribution in [0.25, 0.3) is 0 Å². The van der Waals surface area contributed by atoms with Crippen LogP contribution in [0.4, 0.5) is 8.78 Å². The fraction of sp³-hybridized carbons (Fsp3) is 1.00. The highest BCUT2D eigenvalue weighted by Gasteiger charge is 2.52. The van der Waals surface area contributed by atoms with E-state index in [2.05, 4.69) is 0 Å². The van der Waals surface area contributed by atoms with Crippen molar-refractivity contribution in [3.05, 3.63) is 0 Å². The monoisotopic (exact) mass is 176 g/mol. The van der Waals surface area contributed by atoms with Crippen LogP contribution in [0.3, 0.4) is 0 Å². The van der Waals surface area contributed by atoms with Crippen LogP contribution >= 0.6 is 0 Å². The van der Waals surface area contributed by atoms with Gasteiger partial charge in [0.15, 0.2) is 0 Å². The smallest absolute Gasteiger partial charge is 0.207 e. The summed E-state index contributed by atoms with van der Waals surface area (Å²) in [5.74, 6) is -2.41. The molecule has 0 unspecified atom stereocenters. The molecule has 0 bridgehead atoms. The zero-order valence-corrected chi connectivity index (χ0v) is 8.16. The van der Waals surface area contributed by atoms with Crippen LogP contribution in [0.2, 0.25) is 0 Å². The van der Waals surface area contributed by atoms with Gasteiger partial charge in [0.05, 0.1) is 0 Å². The number of halogens is 2. The molecule has 0 aromatic rings. The Balaban J connectivity index is 2.87. The van der Waals surface area contributed by atoms with E-state index in [1.807, 2.05) is 13.8 Å². The normalized spacial score (nSPS) is 23.5.